The van der Waals surface area contributed by atoms with Crippen LogP contribution in [0.3, 0.4) is 0 Å². The van der Waals surface area contributed by atoms with Crippen molar-refractivity contribution in [3.63, 3.8) is 0 Å². The fourth-order valence-corrected chi connectivity index (χ4v) is 4.47. The van der Waals surface area contributed by atoms with Crippen molar-refractivity contribution >= 4 is 5.96 Å². The Bertz CT molecular complexity index is 713. The molecule has 2 fully saturated rings. The first kappa shape index (κ1) is 23.8. The Morgan fingerprint density at radius 2 is 1.87 bits per heavy atom. The van der Waals surface area contributed by atoms with E-state index in [0.717, 1.165) is 77.2 Å². The lowest BCUT2D eigenvalue weighted by molar-refractivity contribution is 0.0211. The highest BCUT2D eigenvalue weighted by Gasteiger charge is 2.37. The molecule has 0 aliphatic carbocycles. The molecule has 7 nitrogen and oxygen atoms in total. The minimum absolute atomic E-state index is 0.0756. The van der Waals surface area contributed by atoms with Crippen LogP contribution in [-0.4, -0.2) is 83.2 Å². The van der Waals surface area contributed by atoms with Crippen LogP contribution in [0.2, 0.25) is 0 Å². The molecule has 2 aliphatic rings. The van der Waals surface area contributed by atoms with Crippen molar-refractivity contribution < 1.29 is 14.2 Å². The summed E-state index contributed by atoms with van der Waals surface area (Å²) in [4.78, 5) is 7.52. The fourth-order valence-electron chi connectivity index (χ4n) is 4.47. The Morgan fingerprint density at radius 1 is 1.16 bits per heavy atom. The number of methoxy groups -OCH3 is 1. The molecular weight excluding hydrogens is 392 g/mol. The van der Waals surface area contributed by atoms with E-state index in [2.05, 4.69) is 54.5 Å². The first-order valence-electron chi connectivity index (χ1n) is 11.6. The number of rotatable bonds is 8. The molecule has 1 unspecified atom stereocenters. The molecule has 0 amide bonds. The summed E-state index contributed by atoms with van der Waals surface area (Å²) >= 11 is 0. The van der Waals surface area contributed by atoms with Gasteiger partial charge in [0.05, 0.1) is 26.9 Å². The lowest BCUT2D eigenvalue weighted by Gasteiger charge is -2.38. The zero-order valence-electron chi connectivity index (χ0n) is 19.7. The summed E-state index contributed by atoms with van der Waals surface area (Å²) in [6.45, 7) is 14.0. The highest BCUT2D eigenvalue weighted by atomic mass is 16.5. The molecule has 1 aromatic carbocycles. The summed E-state index contributed by atoms with van der Waals surface area (Å²) in [7, 11) is 1.75. The number of aliphatic imine (C=N–C) groups is 1. The summed E-state index contributed by atoms with van der Waals surface area (Å²) in [5.41, 5.74) is 2.42. The topological polar surface area (TPSA) is 67.4 Å². The molecule has 1 aromatic rings. The summed E-state index contributed by atoms with van der Waals surface area (Å²) < 4.78 is 16.9. The molecule has 0 saturated carbocycles. The van der Waals surface area contributed by atoms with Gasteiger partial charge in [0, 0.05) is 56.4 Å². The lowest BCUT2D eigenvalue weighted by Crippen LogP contribution is -2.49. The van der Waals surface area contributed by atoms with E-state index >= 15 is 0 Å². The minimum atomic E-state index is -0.0756. The fraction of sp³-hybridized carbons (Fsp3) is 0.708. The predicted octanol–water partition coefficient (Wildman–Crippen LogP) is 2.33. The molecule has 7 heteroatoms. The van der Waals surface area contributed by atoms with Gasteiger partial charge in [-0.05, 0) is 39.7 Å². The standard InChI is InChI=1S/C24H40N4O3/c1-5-25-23(26-17-20(3)28-10-14-31-15-11-28)27-18-24(8-12-30-13-9-24)21-16-19(2)6-7-22(21)29-4/h6-7,16,20H,5,8-15,17-18H2,1-4H3,(H2,25,26,27). The van der Waals surface area contributed by atoms with Crippen molar-refractivity contribution in [2.75, 3.05) is 66.3 Å². The molecule has 2 heterocycles. The number of nitrogens with one attached hydrogen (secondary N) is 2. The maximum atomic E-state index is 5.74. The van der Waals surface area contributed by atoms with Crippen LogP contribution in [0, 0.1) is 6.92 Å². The van der Waals surface area contributed by atoms with Crippen LogP contribution in [0.5, 0.6) is 5.75 Å². The molecule has 0 aromatic heterocycles. The minimum Gasteiger partial charge on any atom is -0.496 e. The number of benzene rings is 1. The van der Waals surface area contributed by atoms with Gasteiger partial charge >= 0.3 is 0 Å². The van der Waals surface area contributed by atoms with E-state index in [1.807, 2.05) is 0 Å². The van der Waals surface area contributed by atoms with Crippen LogP contribution in [0.15, 0.2) is 23.2 Å². The van der Waals surface area contributed by atoms with Crippen molar-refractivity contribution in [1.29, 1.82) is 0 Å². The Labute approximate surface area is 187 Å². The third-order valence-electron chi connectivity index (χ3n) is 6.49. The second-order valence-electron chi connectivity index (χ2n) is 8.67. The summed E-state index contributed by atoms with van der Waals surface area (Å²) in [6.07, 6.45) is 1.89. The van der Waals surface area contributed by atoms with E-state index < -0.39 is 0 Å². The van der Waals surface area contributed by atoms with Gasteiger partial charge in [-0.15, -0.1) is 0 Å². The van der Waals surface area contributed by atoms with E-state index in [-0.39, 0.29) is 5.41 Å². The highest BCUT2D eigenvalue weighted by molar-refractivity contribution is 5.79. The molecule has 0 bridgehead atoms. The first-order chi connectivity index (χ1) is 15.1. The number of morpholine rings is 1. The zero-order valence-corrected chi connectivity index (χ0v) is 19.7. The molecule has 1 atom stereocenters. The molecule has 174 valence electrons. The maximum absolute atomic E-state index is 5.74. The van der Waals surface area contributed by atoms with Crippen molar-refractivity contribution in [3.05, 3.63) is 29.3 Å². The normalized spacial score (nSPS) is 20.8. The molecule has 2 saturated heterocycles. The molecule has 2 aliphatic heterocycles. The summed E-state index contributed by atoms with van der Waals surface area (Å²) in [6, 6.07) is 6.89. The van der Waals surface area contributed by atoms with Crippen LogP contribution in [0.1, 0.15) is 37.8 Å². The smallest absolute Gasteiger partial charge is 0.191 e. The van der Waals surface area contributed by atoms with E-state index in [9.17, 15) is 0 Å². The van der Waals surface area contributed by atoms with Gasteiger partial charge in [0.2, 0.25) is 0 Å². The number of aryl methyl sites for hydroxylation is 1. The monoisotopic (exact) mass is 432 g/mol. The quantitative estimate of drug-likeness (QED) is 0.486. The highest BCUT2D eigenvalue weighted by Crippen LogP contribution is 2.40. The van der Waals surface area contributed by atoms with Gasteiger partial charge in [-0.25, -0.2) is 0 Å². The van der Waals surface area contributed by atoms with E-state index in [4.69, 9.17) is 19.2 Å². The summed E-state index contributed by atoms with van der Waals surface area (Å²) in [5, 5.41) is 6.98. The van der Waals surface area contributed by atoms with Crippen LogP contribution in [0.25, 0.3) is 0 Å². The Balaban J connectivity index is 1.74. The molecule has 3 rings (SSSR count). The molecule has 31 heavy (non-hydrogen) atoms. The average Bonchev–Trinajstić information content (AvgIpc) is 2.82. The van der Waals surface area contributed by atoms with Crippen LogP contribution < -0.4 is 15.4 Å². The van der Waals surface area contributed by atoms with Gasteiger partial charge < -0.3 is 24.8 Å². The maximum Gasteiger partial charge on any atom is 0.191 e. The number of hydrogen-bond donors (Lipinski definition) is 2. The van der Waals surface area contributed by atoms with E-state index in [0.29, 0.717) is 12.6 Å². The van der Waals surface area contributed by atoms with Gasteiger partial charge in [0.25, 0.3) is 0 Å². The van der Waals surface area contributed by atoms with Crippen molar-refractivity contribution in [1.82, 2.24) is 15.5 Å². The number of hydrogen-bond acceptors (Lipinski definition) is 5. The Morgan fingerprint density at radius 3 is 2.55 bits per heavy atom. The second kappa shape index (κ2) is 11.7. The summed E-state index contributed by atoms with van der Waals surface area (Å²) in [5.74, 6) is 1.82. The average molecular weight is 433 g/mol. The zero-order chi connectivity index (χ0) is 22.1. The van der Waals surface area contributed by atoms with Gasteiger partial charge in [-0.1, -0.05) is 17.7 Å². The third-order valence-corrected chi connectivity index (χ3v) is 6.49. The molecule has 0 radical (unpaired) electrons. The molecule has 2 N–H and O–H groups in total. The van der Waals surface area contributed by atoms with Crippen LogP contribution in [-0.2, 0) is 14.9 Å². The van der Waals surface area contributed by atoms with E-state index in [1.165, 1.54) is 11.1 Å². The molecular formula is C24H40N4O3. The SMILES string of the molecule is CCNC(=NCC1(c2cc(C)ccc2OC)CCOCC1)NCC(C)N1CCOCC1. The van der Waals surface area contributed by atoms with Gasteiger partial charge in [-0.2, -0.15) is 0 Å². The predicted molar refractivity (Wildman–Crippen MR) is 125 cm³/mol. The van der Waals surface area contributed by atoms with Gasteiger partial charge in [-0.3, -0.25) is 9.89 Å². The number of nitrogens with zero attached hydrogens (tertiary/aromatic N) is 2. The van der Waals surface area contributed by atoms with Crippen LogP contribution >= 0.6 is 0 Å². The van der Waals surface area contributed by atoms with Crippen molar-refractivity contribution in [3.8, 4) is 5.75 Å². The lowest BCUT2D eigenvalue weighted by atomic mass is 9.73. The largest absolute Gasteiger partial charge is 0.496 e. The van der Waals surface area contributed by atoms with Gasteiger partial charge in [0.15, 0.2) is 5.96 Å². The molecule has 0 spiro atoms. The number of guanidine groups is 1. The first-order valence-corrected chi connectivity index (χ1v) is 11.6. The van der Waals surface area contributed by atoms with Crippen molar-refractivity contribution in [2.45, 2.75) is 45.1 Å². The Hall–Kier alpha value is -1.83. The van der Waals surface area contributed by atoms with E-state index in [1.54, 1.807) is 7.11 Å². The van der Waals surface area contributed by atoms with Crippen LogP contribution in [0.4, 0.5) is 0 Å². The number of ether oxygens (including phenoxy) is 3. The van der Waals surface area contributed by atoms with Crippen molar-refractivity contribution in [2.24, 2.45) is 4.99 Å². The second-order valence-corrected chi connectivity index (χ2v) is 8.67. The Kier molecular flexibility index (Phi) is 8.99. The third kappa shape index (κ3) is 6.34. The van der Waals surface area contributed by atoms with Gasteiger partial charge in [0.1, 0.15) is 5.75 Å².